The van der Waals surface area contributed by atoms with Crippen LogP contribution in [0.2, 0.25) is 0 Å². The number of hydrogen-bond donors (Lipinski definition) is 1. The summed E-state index contributed by atoms with van der Waals surface area (Å²) in [6.45, 7) is 2.62. The predicted octanol–water partition coefficient (Wildman–Crippen LogP) is 3.95. The Labute approximate surface area is 164 Å². The zero-order valence-corrected chi connectivity index (χ0v) is 16.6. The molecule has 7 heteroatoms. The van der Waals surface area contributed by atoms with Gasteiger partial charge in [0.15, 0.2) is 11.5 Å². The van der Waals surface area contributed by atoms with Crippen LogP contribution in [-0.4, -0.2) is 28.3 Å². The van der Waals surface area contributed by atoms with Crippen LogP contribution >= 0.6 is 0 Å². The van der Waals surface area contributed by atoms with E-state index in [1.165, 1.54) is 6.21 Å². The second-order valence-corrected chi connectivity index (χ2v) is 7.78. The molecule has 0 aliphatic carbocycles. The Balaban J connectivity index is 1.75. The van der Waals surface area contributed by atoms with E-state index in [1.54, 1.807) is 43.5 Å². The smallest absolute Gasteiger partial charge is 0.276 e. The zero-order chi connectivity index (χ0) is 20.0. The van der Waals surface area contributed by atoms with Crippen molar-refractivity contribution in [3.05, 3.63) is 66.2 Å². The van der Waals surface area contributed by atoms with E-state index in [9.17, 15) is 8.42 Å². The van der Waals surface area contributed by atoms with Crippen LogP contribution in [0.5, 0.6) is 11.5 Å². The highest BCUT2D eigenvalue weighted by molar-refractivity contribution is 7.89. The summed E-state index contributed by atoms with van der Waals surface area (Å²) in [5.41, 5.74) is 0.682. The summed E-state index contributed by atoms with van der Waals surface area (Å²) in [6.07, 6.45) is 2.31. The molecule has 0 bridgehead atoms. The van der Waals surface area contributed by atoms with Gasteiger partial charge in [0, 0.05) is 0 Å². The van der Waals surface area contributed by atoms with Crippen molar-refractivity contribution in [1.29, 1.82) is 0 Å². The lowest BCUT2D eigenvalue weighted by atomic mass is 10.1. The lowest BCUT2D eigenvalue weighted by Crippen LogP contribution is -2.18. The highest BCUT2D eigenvalue weighted by Gasteiger charge is 2.13. The Kier molecular flexibility index (Phi) is 6.16. The maximum atomic E-state index is 12.5. The van der Waals surface area contributed by atoms with Crippen molar-refractivity contribution >= 4 is 27.0 Å². The third-order valence-electron chi connectivity index (χ3n) is 4.07. The van der Waals surface area contributed by atoms with E-state index < -0.39 is 10.0 Å². The third-order valence-corrected chi connectivity index (χ3v) is 5.29. The molecule has 0 spiro atoms. The summed E-state index contributed by atoms with van der Waals surface area (Å²) < 4.78 is 35.9. The van der Waals surface area contributed by atoms with Crippen LogP contribution in [0.15, 0.2) is 70.7 Å². The van der Waals surface area contributed by atoms with E-state index >= 15 is 0 Å². The van der Waals surface area contributed by atoms with Gasteiger partial charge in [0.05, 0.1) is 24.8 Å². The van der Waals surface area contributed by atoms with Crippen molar-refractivity contribution in [1.82, 2.24) is 4.83 Å². The van der Waals surface area contributed by atoms with E-state index in [4.69, 9.17) is 9.47 Å². The van der Waals surface area contributed by atoms with E-state index in [0.29, 0.717) is 23.7 Å². The molecule has 3 rings (SSSR count). The van der Waals surface area contributed by atoms with Gasteiger partial charge >= 0.3 is 0 Å². The van der Waals surface area contributed by atoms with Gasteiger partial charge in [-0.05, 0) is 53.1 Å². The molecule has 0 fully saturated rings. The number of ether oxygens (including phenoxy) is 2. The van der Waals surface area contributed by atoms with E-state index in [1.807, 2.05) is 31.2 Å². The standard InChI is InChI=1S/C21H22N2O4S/c1-3-12-27-20-11-8-16(13-21(20)26-2)15-22-23-28(24,25)19-10-9-17-6-4-5-7-18(17)14-19/h4-11,13-15,23H,3,12H2,1-2H3/b22-15+. The van der Waals surface area contributed by atoms with Gasteiger partial charge in [-0.1, -0.05) is 37.3 Å². The normalized spacial score (nSPS) is 11.6. The number of hydrogen-bond acceptors (Lipinski definition) is 5. The number of benzene rings is 3. The Morgan fingerprint density at radius 1 is 1.00 bits per heavy atom. The van der Waals surface area contributed by atoms with Gasteiger partial charge in [-0.2, -0.15) is 13.5 Å². The van der Waals surface area contributed by atoms with Gasteiger partial charge in [-0.15, -0.1) is 0 Å². The Morgan fingerprint density at radius 3 is 2.54 bits per heavy atom. The number of nitrogens with one attached hydrogen (secondary N) is 1. The molecule has 6 nitrogen and oxygen atoms in total. The molecule has 0 amide bonds. The monoisotopic (exact) mass is 398 g/mol. The van der Waals surface area contributed by atoms with Gasteiger partial charge in [-0.3, -0.25) is 0 Å². The molecule has 0 unspecified atom stereocenters. The first-order chi connectivity index (χ1) is 13.5. The third kappa shape index (κ3) is 4.61. The zero-order valence-electron chi connectivity index (χ0n) is 15.8. The molecular formula is C21H22N2O4S. The molecule has 0 saturated heterocycles. The fourth-order valence-corrected chi connectivity index (χ4v) is 3.48. The molecule has 146 valence electrons. The lowest BCUT2D eigenvalue weighted by molar-refractivity contribution is 0.294. The number of rotatable bonds is 8. The maximum Gasteiger partial charge on any atom is 0.276 e. The second kappa shape index (κ2) is 8.75. The SMILES string of the molecule is CCCOc1ccc(/C=N/NS(=O)(=O)c2ccc3ccccc3c2)cc1OC. The molecule has 3 aromatic rings. The number of fused-ring (bicyclic) bond motifs is 1. The molecule has 0 atom stereocenters. The largest absolute Gasteiger partial charge is 0.493 e. The summed E-state index contributed by atoms with van der Waals surface area (Å²) in [6, 6.07) is 17.8. The van der Waals surface area contributed by atoms with Crippen LogP contribution in [0.4, 0.5) is 0 Å². The van der Waals surface area contributed by atoms with Crippen LogP contribution in [0.1, 0.15) is 18.9 Å². The molecule has 0 saturated carbocycles. The highest BCUT2D eigenvalue weighted by atomic mass is 32.2. The van der Waals surface area contributed by atoms with Gasteiger partial charge in [0.2, 0.25) is 0 Å². The van der Waals surface area contributed by atoms with Crippen molar-refractivity contribution in [2.75, 3.05) is 13.7 Å². The van der Waals surface area contributed by atoms with Crippen LogP contribution in [0.25, 0.3) is 10.8 Å². The Morgan fingerprint density at radius 2 is 1.79 bits per heavy atom. The average Bonchev–Trinajstić information content (AvgIpc) is 2.72. The van der Waals surface area contributed by atoms with Crippen molar-refractivity contribution in [3.8, 4) is 11.5 Å². The summed E-state index contributed by atoms with van der Waals surface area (Å²) in [5, 5.41) is 5.70. The molecule has 0 heterocycles. The summed E-state index contributed by atoms with van der Waals surface area (Å²) >= 11 is 0. The fourth-order valence-electron chi connectivity index (χ4n) is 2.65. The first kappa shape index (κ1) is 19.7. The van der Waals surface area contributed by atoms with Crippen LogP contribution < -0.4 is 14.3 Å². The topological polar surface area (TPSA) is 77.0 Å². The highest BCUT2D eigenvalue weighted by Crippen LogP contribution is 2.27. The Hall–Kier alpha value is -3.06. The minimum absolute atomic E-state index is 0.157. The van der Waals surface area contributed by atoms with Crippen molar-refractivity contribution in [2.24, 2.45) is 5.10 Å². The average molecular weight is 398 g/mol. The van der Waals surface area contributed by atoms with Crippen molar-refractivity contribution in [3.63, 3.8) is 0 Å². The molecule has 28 heavy (non-hydrogen) atoms. The van der Waals surface area contributed by atoms with E-state index in [2.05, 4.69) is 9.93 Å². The summed E-state index contributed by atoms with van der Waals surface area (Å²) in [5.74, 6) is 1.20. The van der Waals surface area contributed by atoms with Crippen LogP contribution in [0.3, 0.4) is 0 Å². The van der Waals surface area contributed by atoms with Crippen LogP contribution in [-0.2, 0) is 10.0 Å². The van der Waals surface area contributed by atoms with Crippen LogP contribution in [0, 0.1) is 0 Å². The number of hydrazone groups is 1. The maximum absolute atomic E-state index is 12.5. The summed E-state index contributed by atoms with van der Waals surface area (Å²) in [7, 11) is -2.21. The van der Waals surface area contributed by atoms with Gasteiger partial charge in [0.1, 0.15) is 0 Å². The molecule has 0 aromatic heterocycles. The first-order valence-corrected chi connectivity index (χ1v) is 10.4. The minimum atomic E-state index is -3.76. The van der Waals surface area contributed by atoms with Gasteiger partial charge in [-0.25, -0.2) is 4.83 Å². The lowest BCUT2D eigenvalue weighted by Gasteiger charge is -2.10. The molecular weight excluding hydrogens is 376 g/mol. The number of nitrogens with zero attached hydrogens (tertiary/aromatic N) is 1. The molecule has 3 aromatic carbocycles. The Bertz CT molecular complexity index is 1090. The molecule has 1 N–H and O–H groups in total. The fraction of sp³-hybridized carbons (Fsp3) is 0.190. The molecule has 0 aliphatic rings. The summed E-state index contributed by atoms with van der Waals surface area (Å²) in [4.78, 5) is 2.40. The first-order valence-electron chi connectivity index (χ1n) is 8.88. The quantitative estimate of drug-likeness (QED) is 0.460. The van der Waals surface area contributed by atoms with E-state index in [-0.39, 0.29) is 4.90 Å². The van der Waals surface area contributed by atoms with Crippen molar-refractivity contribution in [2.45, 2.75) is 18.2 Å². The van der Waals surface area contributed by atoms with Crippen molar-refractivity contribution < 1.29 is 17.9 Å². The van der Waals surface area contributed by atoms with E-state index in [0.717, 1.165) is 17.2 Å². The number of sulfonamides is 1. The minimum Gasteiger partial charge on any atom is -0.493 e. The predicted molar refractivity (Wildman–Crippen MR) is 111 cm³/mol. The molecule has 0 radical (unpaired) electrons. The number of methoxy groups -OCH3 is 1. The van der Waals surface area contributed by atoms with Gasteiger partial charge in [0.25, 0.3) is 10.0 Å². The van der Waals surface area contributed by atoms with Gasteiger partial charge < -0.3 is 9.47 Å². The molecule has 0 aliphatic heterocycles. The second-order valence-electron chi connectivity index (χ2n) is 6.12.